The molecule has 0 unspecified atom stereocenters. The van der Waals surface area contributed by atoms with Crippen LogP contribution in [0.2, 0.25) is 15.1 Å². The Morgan fingerprint density at radius 1 is 1.00 bits per heavy atom. The molecule has 1 N–H and O–H groups in total. The molecular formula is C22H11Cl3F3NO7. The van der Waals surface area contributed by atoms with E-state index in [2.05, 4.69) is 4.74 Å². The molecule has 0 aliphatic rings. The fourth-order valence-electron chi connectivity index (χ4n) is 3.22. The number of halogens is 6. The quantitative estimate of drug-likeness (QED) is 0.187. The third-order valence-electron chi connectivity index (χ3n) is 4.75. The van der Waals surface area contributed by atoms with E-state index in [-0.39, 0.29) is 27.1 Å². The monoisotopic (exact) mass is 563 g/mol. The molecule has 0 aliphatic heterocycles. The summed E-state index contributed by atoms with van der Waals surface area (Å²) in [6, 6.07) is 6.34. The van der Waals surface area contributed by atoms with Crippen molar-refractivity contribution in [2.45, 2.75) is 6.18 Å². The number of hydrogen-bond donors (Lipinski definition) is 1. The number of hydrogen-bond acceptors (Lipinski definition) is 6. The first kappa shape index (κ1) is 27.1. The van der Waals surface area contributed by atoms with Gasteiger partial charge in [0.15, 0.2) is 0 Å². The lowest BCUT2D eigenvalue weighted by Gasteiger charge is -2.16. The summed E-state index contributed by atoms with van der Waals surface area (Å²) in [7, 11) is 1.02. The molecule has 0 heterocycles. The molecule has 0 saturated heterocycles. The predicted octanol–water partition coefficient (Wildman–Crippen LogP) is 7.52. The average molecular weight is 565 g/mol. The van der Waals surface area contributed by atoms with E-state index in [1.54, 1.807) is 0 Å². The zero-order valence-electron chi connectivity index (χ0n) is 17.7. The van der Waals surface area contributed by atoms with Crippen LogP contribution in [0.15, 0.2) is 42.5 Å². The molecule has 3 aromatic rings. The SMILES string of the molecule is COC(=O)c1c(Cl)ccc(Cl)c1-c1cc(Oc2ccc(C(F)(F)F)cc2Cl)cc(C(=O)O)c1[N+](=O)[O-]. The number of rotatable bonds is 6. The molecular weight excluding hydrogens is 554 g/mol. The molecule has 0 amide bonds. The number of nitro groups is 1. The molecule has 8 nitrogen and oxygen atoms in total. The highest BCUT2D eigenvalue weighted by atomic mass is 35.5. The average Bonchev–Trinajstić information content (AvgIpc) is 2.79. The van der Waals surface area contributed by atoms with Crippen molar-refractivity contribution in [2.24, 2.45) is 0 Å². The summed E-state index contributed by atoms with van der Waals surface area (Å²) in [4.78, 5) is 35.2. The second-order valence-corrected chi connectivity index (χ2v) is 8.17. The van der Waals surface area contributed by atoms with Crippen LogP contribution in [0.25, 0.3) is 11.1 Å². The number of carbonyl (C=O) groups excluding carboxylic acids is 1. The summed E-state index contributed by atoms with van der Waals surface area (Å²) >= 11 is 18.3. The van der Waals surface area contributed by atoms with E-state index in [1.165, 1.54) is 12.1 Å². The molecule has 36 heavy (non-hydrogen) atoms. The molecule has 0 fully saturated rings. The van der Waals surface area contributed by atoms with Crippen LogP contribution in [0.1, 0.15) is 26.3 Å². The molecule has 0 aromatic heterocycles. The van der Waals surface area contributed by atoms with Crippen molar-refractivity contribution in [3.8, 4) is 22.6 Å². The first-order valence-corrected chi connectivity index (χ1v) is 10.6. The van der Waals surface area contributed by atoms with Gasteiger partial charge in [0, 0.05) is 16.7 Å². The topological polar surface area (TPSA) is 116 Å². The van der Waals surface area contributed by atoms with E-state index in [0.717, 1.165) is 25.3 Å². The fraction of sp³-hybridized carbons (Fsp3) is 0.0909. The van der Waals surface area contributed by atoms with E-state index < -0.39 is 56.0 Å². The highest BCUT2D eigenvalue weighted by molar-refractivity contribution is 6.38. The maximum absolute atomic E-state index is 12.9. The number of nitrogens with zero attached hydrogens (tertiary/aromatic N) is 1. The zero-order chi connectivity index (χ0) is 26.9. The van der Waals surface area contributed by atoms with Crippen LogP contribution < -0.4 is 4.74 Å². The number of aromatic carboxylic acids is 1. The number of esters is 1. The van der Waals surface area contributed by atoms with Crippen LogP contribution in [0.4, 0.5) is 18.9 Å². The highest BCUT2D eigenvalue weighted by Gasteiger charge is 2.33. The Hall–Kier alpha value is -3.54. The van der Waals surface area contributed by atoms with Crippen molar-refractivity contribution in [1.29, 1.82) is 0 Å². The number of carbonyl (C=O) groups is 2. The Bertz CT molecular complexity index is 1410. The molecule has 3 rings (SSSR count). The Kier molecular flexibility index (Phi) is 7.68. The molecule has 0 aliphatic carbocycles. The van der Waals surface area contributed by atoms with Crippen molar-refractivity contribution in [1.82, 2.24) is 0 Å². The lowest BCUT2D eigenvalue weighted by atomic mass is 9.95. The number of carboxylic acid groups (broad SMARTS) is 1. The molecule has 3 aromatic carbocycles. The summed E-state index contributed by atoms with van der Waals surface area (Å²) in [6.07, 6.45) is -4.69. The predicted molar refractivity (Wildman–Crippen MR) is 123 cm³/mol. The van der Waals surface area contributed by atoms with Gasteiger partial charge in [0.2, 0.25) is 0 Å². The number of ether oxygens (including phenoxy) is 2. The smallest absolute Gasteiger partial charge is 0.416 e. The van der Waals surface area contributed by atoms with Gasteiger partial charge in [0.25, 0.3) is 5.69 Å². The van der Waals surface area contributed by atoms with Crippen molar-refractivity contribution >= 4 is 52.4 Å². The second-order valence-electron chi connectivity index (χ2n) is 6.95. The Labute approximate surface area is 214 Å². The zero-order valence-corrected chi connectivity index (χ0v) is 19.9. The van der Waals surface area contributed by atoms with Crippen LogP contribution >= 0.6 is 34.8 Å². The van der Waals surface area contributed by atoms with E-state index in [4.69, 9.17) is 39.5 Å². The molecule has 0 saturated carbocycles. The van der Waals surface area contributed by atoms with Gasteiger partial charge < -0.3 is 14.6 Å². The Morgan fingerprint density at radius 3 is 2.17 bits per heavy atom. The number of alkyl halides is 3. The van der Waals surface area contributed by atoms with Gasteiger partial charge >= 0.3 is 18.1 Å². The third kappa shape index (κ3) is 5.32. The molecule has 0 radical (unpaired) electrons. The van der Waals surface area contributed by atoms with E-state index in [9.17, 15) is 38.0 Å². The van der Waals surface area contributed by atoms with Gasteiger partial charge in [-0.3, -0.25) is 10.1 Å². The molecule has 14 heteroatoms. The first-order valence-electron chi connectivity index (χ1n) is 9.43. The maximum Gasteiger partial charge on any atom is 0.416 e. The van der Waals surface area contributed by atoms with Crippen LogP contribution in [0.5, 0.6) is 11.5 Å². The molecule has 0 spiro atoms. The molecule has 0 bridgehead atoms. The molecule has 188 valence electrons. The van der Waals surface area contributed by atoms with E-state index in [1.807, 2.05) is 0 Å². The standard InChI is InChI=1S/C22H11Cl3F3NO7/c1-35-21(32)18-14(24)4-3-13(23)17(18)11-7-10(8-12(20(30)31)19(11)29(33)34)36-16-5-2-9(6-15(16)25)22(26,27)28/h2-8H,1H3,(H,30,31). The minimum atomic E-state index is -4.69. The molecule has 0 atom stereocenters. The van der Waals surface area contributed by atoms with Crippen molar-refractivity contribution in [3.63, 3.8) is 0 Å². The van der Waals surface area contributed by atoms with Crippen LogP contribution in [-0.2, 0) is 10.9 Å². The van der Waals surface area contributed by atoms with Gasteiger partial charge in [-0.15, -0.1) is 0 Å². The summed E-state index contributed by atoms with van der Waals surface area (Å²) < 4.78 is 49.0. The van der Waals surface area contributed by atoms with Crippen molar-refractivity contribution < 1.29 is 42.3 Å². The fourth-order valence-corrected chi connectivity index (χ4v) is 3.93. The van der Waals surface area contributed by atoms with Gasteiger partial charge in [0.05, 0.1) is 38.8 Å². The summed E-state index contributed by atoms with van der Waals surface area (Å²) in [5.74, 6) is -3.46. The lowest BCUT2D eigenvalue weighted by molar-refractivity contribution is -0.384. The van der Waals surface area contributed by atoms with Gasteiger partial charge in [-0.2, -0.15) is 13.2 Å². The number of benzene rings is 3. The van der Waals surface area contributed by atoms with E-state index in [0.29, 0.717) is 12.1 Å². The third-order valence-corrected chi connectivity index (χ3v) is 5.67. The largest absolute Gasteiger partial charge is 0.477 e. The number of carboxylic acids is 1. The minimum absolute atomic E-state index is 0.204. The van der Waals surface area contributed by atoms with Crippen molar-refractivity contribution in [2.75, 3.05) is 7.11 Å². The van der Waals surface area contributed by atoms with Gasteiger partial charge in [-0.05, 0) is 36.4 Å². The van der Waals surface area contributed by atoms with Gasteiger partial charge in [-0.1, -0.05) is 34.8 Å². The highest BCUT2D eigenvalue weighted by Crippen LogP contribution is 2.45. The van der Waals surface area contributed by atoms with Crippen LogP contribution in [-0.4, -0.2) is 29.1 Å². The summed E-state index contributed by atoms with van der Waals surface area (Å²) in [5, 5.41) is 20.7. The lowest BCUT2D eigenvalue weighted by Crippen LogP contribution is -2.09. The maximum atomic E-state index is 12.9. The summed E-state index contributed by atoms with van der Waals surface area (Å²) in [6.45, 7) is 0. The van der Waals surface area contributed by atoms with Gasteiger partial charge in [-0.25, -0.2) is 9.59 Å². The van der Waals surface area contributed by atoms with Crippen LogP contribution in [0, 0.1) is 10.1 Å². The Morgan fingerprint density at radius 2 is 1.64 bits per heavy atom. The Balaban J connectivity index is 2.32. The van der Waals surface area contributed by atoms with Gasteiger partial charge in [0.1, 0.15) is 17.1 Å². The second kappa shape index (κ2) is 10.2. The summed E-state index contributed by atoms with van der Waals surface area (Å²) in [5.41, 5.74) is -4.09. The van der Waals surface area contributed by atoms with Crippen LogP contribution in [0.3, 0.4) is 0 Å². The number of nitro benzene ring substituents is 1. The van der Waals surface area contributed by atoms with E-state index >= 15 is 0 Å². The normalized spacial score (nSPS) is 11.2. The minimum Gasteiger partial charge on any atom is -0.477 e. The van der Waals surface area contributed by atoms with Crippen molar-refractivity contribution in [3.05, 3.63) is 84.3 Å². The first-order chi connectivity index (χ1) is 16.8. The number of methoxy groups -OCH3 is 1.